The minimum atomic E-state index is 0.841. The quantitative estimate of drug-likeness (QED) is 0.693. The van der Waals surface area contributed by atoms with Crippen molar-refractivity contribution in [2.75, 3.05) is 26.2 Å². The third kappa shape index (κ3) is 2.05. The molecule has 2 aliphatic rings. The minimum Gasteiger partial charge on any atom is -0.316 e. The molecule has 13 heavy (non-hydrogen) atoms. The van der Waals surface area contributed by atoms with Crippen LogP contribution in [0, 0.1) is 11.8 Å². The second-order valence-electron chi connectivity index (χ2n) is 4.88. The third-order valence-electron chi connectivity index (χ3n) is 3.84. The third-order valence-corrected chi connectivity index (χ3v) is 3.84. The molecule has 76 valence electrons. The number of hydrogen-bond acceptors (Lipinski definition) is 2. The average molecular weight is 182 g/mol. The fourth-order valence-electron chi connectivity index (χ4n) is 2.67. The fourth-order valence-corrected chi connectivity index (χ4v) is 2.67. The number of likely N-dealkylation sites (tertiary alicyclic amines) is 1. The molecule has 2 heteroatoms. The number of nitrogens with zero attached hydrogens (tertiary/aromatic N) is 1. The Morgan fingerprint density at radius 3 is 2.69 bits per heavy atom. The van der Waals surface area contributed by atoms with Gasteiger partial charge in [-0.05, 0) is 51.2 Å². The lowest BCUT2D eigenvalue weighted by atomic mass is 9.97. The minimum absolute atomic E-state index is 0.841. The van der Waals surface area contributed by atoms with Gasteiger partial charge in [0, 0.05) is 12.6 Å². The van der Waals surface area contributed by atoms with Crippen molar-refractivity contribution in [2.24, 2.45) is 11.8 Å². The fraction of sp³-hybridized carbons (Fsp3) is 1.00. The predicted octanol–water partition coefficient (Wildman–Crippen LogP) is 1.33. The topological polar surface area (TPSA) is 15.3 Å². The van der Waals surface area contributed by atoms with Crippen LogP contribution in [0.3, 0.4) is 0 Å². The van der Waals surface area contributed by atoms with Crippen LogP contribution in [0.5, 0.6) is 0 Å². The summed E-state index contributed by atoms with van der Waals surface area (Å²) in [7, 11) is 0. The first-order valence-electron chi connectivity index (χ1n) is 5.72. The molecule has 2 heterocycles. The van der Waals surface area contributed by atoms with E-state index in [2.05, 4.69) is 24.1 Å². The summed E-state index contributed by atoms with van der Waals surface area (Å²) in [5, 5.41) is 3.48. The second kappa shape index (κ2) is 3.97. The van der Waals surface area contributed by atoms with Gasteiger partial charge in [-0.15, -0.1) is 0 Å². The highest BCUT2D eigenvalue weighted by atomic mass is 15.2. The Morgan fingerprint density at radius 1 is 1.31 bits per heavy atom. The molecule has 0 aromatic rings. The van der Waals surface area contributed by atoms with E-state index < -0.39 is 0 Å². The SMILES string of the molecule is CC1CNCC1CN1CCCC1C. The number of hydrogen-bond donors (Lipinski definition) is 1. The van der Waals surface area contributed by atoms with E-state index in [1.165, 1.54) is 39.0 Å². The number of rotatable bonds is 2. The monoisotopic (exact) mass is 182 g/mol. The van der Waals surface area contributed by atoms with Crippen LogP contribution in [0.2, 0.25) is 0 Å². The average Bonchev–Trinajstić information content (AvgIpc) is 2.65. The van der Waals surface area contributed by atoms with E-state index in [1.807, 2.05) is 0 Å². The second-order valence-corrected chi connectivity index (χ2v) is 4.88. The molecule has 2 nitrogen and oxygen atoms in total. The zero-order chi connectivity index (χ0) is 9.26. The molecule has 3 unspecified atom stereocenters. The van der Waals surface area contributed by atoms with Crippen LogP contribution < -0.4 is 5.32 Å². The Hall–Kier alpha value is -0.0800. The van der Waals surface area contributed by atoms with Gasteiger partial charge in [-0.1, -0.05) is 6.92 Å². The Morgan fingerprint density at radius 2 is 2.15 bits per heavy atom. The van der Waals surface area contributed by atoms with Crippen molar-refractivity contribution in [3.05, 3.63) is 0 Å². The molecule has 2 rings (SSSR count). The van der Waals surface area contributed by atoms with E-state index >= 15 is 0 Å². The van der Waals surface area contributed by atoms with E-state index in [4.69, 9.17) is 0 Å². The van der Waals surface area contributed by atoms with Gasteiger partial charge in [0.25, 0.3) is 0 Å². The molecule has 0 aliphatic carbocycles. The van der Waals surface area contributed by atoms with E-state index in [0.29, 0.717) is 0 Å². The highest BCUT2D eigenvalue weighted by Gasteiger charge is 2.28. The summed E-state index contributed by atoms with van der Waals surface area (Å²) in [5.74, 6) is 1.79. The van der Waals surface area contributed by atoms with Gasteiger partial charge in [0.2, 0.25) is 0 Å². The lowest BCUT2D eigenvalue weighted by Gasteiger charge is -2.26. The molecule has 2 saturated heterocycles. The van der Waals surface area contributed by atoms with Gasteiger partial charge >= 0.3 is 0 Å². The van der Waals surface area contributed by atoms with E-state index in [-0.39, 0.29) is 0 Å². The molecule has 1 N–H and O–H groups in total. The van der Waals surface area contributed by atoms with Gasteiger partial charge in [-0.2, -0.15) is 0 Å². The zero-order valence-corrected chi connectivity index (χ0v) is 8.92. The summed E-state index contributed by atoms with van der Waals surface area (Å²) < 4.78 is 0. The molecular weight excluding hydrogens is 160 g/mol. The molecular formula is C11H22N2. The first-order chi connectivity index (χ1) is 6.27. The molecule has 0 aromatic carbocycles. The summed E-state index contributed by atoms with van der Waals surface area (Å²) in [6.45, 7) is 9.89. The van der Waals surface area contributed by atoms with Crippen LogP contribution in [0.15, 0.2) is 0 Å². The highest BCUT2D eigenvalue weighted by molar-refractivity contribution is 4.84. The lowest BCUT2D eigenvalue weighted by Crippen LogP contribution is -2.34. The van der Waals surface area contributed by atoms with Crippen LogP contribution in [-0.2, 0) is 0 Å². The van der Waals surface area contributed by atoms with Gasteiger partial charge in [-0.3, -0.25) is 0 Å². The maximum Gasteiger partial charge on any atom is 0.00675 e. The summed E-state index contributed by atoms with van der Waals surface area (Å²) in [4.78, 5) is 2.67. The van der Waals surface area contributed by atoms with E-state index in [1.54, 1.807) is 0 Å². The summed E-state index contributed by atoms with van der Waals surface area (Å²) in [6.07, 6.45) is 2.82. The van der Waals surface area contributed by atoms with Crippen molar-refractivity contribution in [1.29, 1.82) is 0 Å². The normalized spacial score (nSPS) is 41.5. The summed E-state index contributed by atoms with van der Waals surface area (Å²) >= 11 is 0. The summed E-state index contributed by atoms with van der Waals surface area (Å²) in [5.41, 5.74) is 0. The van der Waals surface area contributed by atoms with Crippen molar-refractivity contribution >= 4 is 0 Å². The Kier molecular flexibility index (Phi) is 2.89. The maximum absolute atomic E-state index is 3.48. The van der Waals surface area contributed by atoms with Crippen LogP contribution in [0.4, 0.5) is 0 Å². The molecule has 2 fully saturated rings. The Labute approximate surface area is 81.7 Å². The van der Waals surface area contributed by atoms with Crippen LogP contribution in [0.1, 0.15) is 26.7 Å². The standard InChI is InChI=1S/C11H22N2/c1-9-6-12-7-11(9)8-13-5-3-4-10(13)2/h9-12H,3-8H2,1-2H3. The van der Waals surface area contributed by atoms with Crippen LogP contribution in [-0.4, -0.2) is 37.1 Å². The molecule has 2 aliphatic heterocycles. The van der Waals surface area contributed by atoms with Gasteiger partial charge in [0.1, 0.15) is 0 Å². The van der Waals surface area contributed by atoms with Gasteiger partial charge in [0.05, 0.1) is 0 Å². The highest BCUT2D eigenvalue weighted by Crippen LogP contribution is 2.22. The molecule has 0 spiro atoms. The molecule has 3 atom stereocenters. The summed E-state index contributed by atoms with van der Waals surface area (Å²) in [6, 6.07) is 0.841. The van der Waals surface area contributed by atoms with Gasteiger partial charge in [0.15, 0.2) is 0 Å². The predicted molar refractivity (Wildman–Crippen MR) is 55.8 cm³/mol. The van der Waals surface area contributed by atoms with Crippen molar-refractivity contribution in [2.45, 2.75) is 32.7 Å². The Bertz CT molecular complexity index is 151. The smallest absolute Gasteiger partial charge is 0.00675 e. The molecule has 0 amide bonds. The largest absolute Gasteiger partial charge is 0.316 e. The molecule has 0 aromatic heterocycles. The van der Waals surface area contributed by atoms with Crippen molar-refractivity contribution in [3.8, 4) is 0 Å². The van der Waals surface area contributed by atoms with Crippen molar-refractivity contribution in [1.82, 2.24) is 10.2 Å². The maximum atomic E-state index is 3.48. The van der Waals surface area contributed by atoms with Crippen LogP contribution >= 0.6 is 0 Å². The molecule has 0 radical (unpaired) electrons. The molecule has 0 saturated carbocycles. The van der Waals surface area contributed by atoms with Crippen molar-refractivity contribution < 1.29 is 0 Å². The number of nitrogens with one attached hydrogen (secondary N) is 1. The van der Waals surface area contributed by atoms with Crippen molar-refractivity contribution in [3.63, 3.8) is 0 Å². The first kappa shape index (κ1) is 9.47. The van der Waals surface area contributed by atoms with E-state index in [0.717, 1.165) is 17.9 Å². The van der Waals surface area contributed by atoms with E-state index in [9.17, 15) is 0 Å². The molecule has 0 bridgehead atoms. The first-order valence-corrected chi connectivity index (χ1v) is 5.72. The Balaban J connectivity index is 1.82. The van der Waals surface area contributed by atoms with Gasteiger partial charge < -0.3 is 10.2 Å². The van der Waals surface area contributed by atoms with Gasteiger partial charge in [-0.25, -0.2) is 0 Å². The zero-order valence-electron chi connectivity index (χ0n) is 8.92. The lowest BCUT2D eigenvalue weighted by molar-refractivity contribution is 0.213. The van der Waals surface area contributed by atoms with Crippen LogP contribution in [0.25, 0.3) is 0 Å².